The van der Waals surface area contributed by atoms with Crippen LogP contribution in [0.2, 0.25) is 0 Å². The summed E-state index contributed by atoms with van der Waals surface area (Å²) in [5, 5.41) is 43.5. The summed E-state index contributed by atoms with van der Waals surface area (Å²) in [4.78, 5) is 34.8. The number of rotatable bonds is 9. The molecule has 0 radical (unpaired) electrons. The fraction of sp³-hybridized carbons (Fsp3) is 0.222. The topological polar surface area (TPSA) is 183 Å². The highest BCUT2D eigenvalue weighted by molar-refractivity contribution is 6.43. The number of nitrogens with one attached hydrogen (secondary N) is 1. The largest absolute Gasteiger partial charge is 0.507 e. The molecule has 1 unspecified atom stereocenters. The number of nitrogens with two attached hydrogens (primary N) is 1. The second-order valence-electron chi connectivity index (χ2n) is 6.30. The number of amides is 1. The van der Waals surface area contributed by atoms with Gasteiger partial charge in [-0.05, 0) is 29.2 Å². The van der Waals surface area contributed by atoms with Gasteiger partial charge in [0.05, 0.1) is 5.94 Å². The standard InChI is InChI=1S/C18H20BN3O7/c20-9-10-4-6-11(7-5-10)15(22-29)17(24)21-14(19(27)28)8-12-2-1-3-13(16(12)23)18(25)26/h1-7,14-15,23,27-28H,8-9,20H2,(H,21,24)(H,25,26)/t14-,15?/m0/s1. The second-order valence-corrected chi connectivity index (χ2v) is 6.30. The number of nitroso groups, excluding NO2 is 1. The van der Waals surface area contributed by atoms with E-state index < -0.39 is 36.7 Å². The van der Waals surface area contributed by atoms with Gasteiger partial charge in [-0.3, -0.25) is 4.79 Å². The maximum absolute atomic E-state index is 12.5. The van der Waals surface area contributed by atoms with Crippen molar-refractivity contribution in [3.63, 3.8) is 0 Å². The van der Waals surface area contributed by atoms with Gasteiger partial charge in [0, 0.05) is 6.54 Å². The Morgan fingerprint density at radius 2 is 1.79 bits per heavy atom. The monoisotopic (exact) mass is 401 g/mol. The Kier molecular flexibility index (Phi) is 7.42. The van der Waals surface area contributed by atoms with Crippen LogP contribution in [0.25, 0.3) is 0 Å². The molecule has 0 saturated carbocycles. The molecule has 0 aliphatic heterocycles. The number of carboxylic acids is 1. The molecule has 0 heterocycles. The Balaban J connectivity index is 2.21. The van der Waals surface area contributed by atoms with E-state index in [0.717, 1.165) is 5.56 Å². The van der Waals surface area contributed by atoms with Crippen molar-refractivity contribution in [2.24, 2.45) is 10.9 Å². The summed E-state index contributed by atoms with van der Waals surface area (Å²) in [5.41, 5.74) is 6.29. The Morgan fingerprint density at radius 3 is 2.31 bits per heavy atom. The van der Waals surface area contributed by atoms with Gasteiger partial charge in [0.2, 0.25) is 0 Å². The molecule has 0 bridgehead atoms. The maximum Gasteiger partial charge on any atom is 0.475 e. The predicted octanol–water partition coefficient (Wildman–Crippen LogP) is 0.0961. The quantitative estimate of drug-likeness (QED) is 0.252. The Hall–Kier alpha value is -3.28. The molecule has 0 aliphatic carbocycles. The van der Waals surface area contributed by atoms with Crippen LogP contribution in [0.15, 0.2) is 47.6 Å². The van der Waals surface area contributed by atoms with E-state index >= 15 is 0 Å². The molecule has 0 aliphatic rings. The summed E-state index contributed by atoms with van der Waals surface area (Å²) in [6, 6.07) is 8.79. The van der Waals surface area contributed by atoms with Gasteiger partial charge < -0.3 is 31.3 Å². The Bertz CT molecular complexity index is 890. The maximum atomic E-state index is 12.5. The van der Waals surface area contributed by atoms with Gasteiger partial charge in [-0.15, -0.1) is 4.91 Å². The molecule has 11 heteroatoms. The summed E-state index contributed by atoms with van der Waals surface area (Å²) < 4.78 is 0. The number of carbonyl (C=O) groups is 2. The molecule has 2 atom stereocenters. The van der Waals surface area contributed by atoms with Crippen molar-refractivity contribution >= 4 is 19.0 Å². The predicted molar refractivity (Wildman–Crippen MR) is 104 cm³/mol. The van der Waals surface area contributed by atoms with Gasteiger partial charge in [-0.1, -0.05) is 41.6 Å². The fourth-order valence-electron chi connectivity index (χ4n) is 2.75. The lowest BCUT2D eigenvalue weighted by atomic mass is 9.75. The van der Waals surface area contributed by atoms with Crippen molar-refractivity contribution in [1.29, 1.82) is 0 Å². The normalized spacial score (nSPS) is 12.7. The van der Waals surface area contributed by atoms with Crippen molar-refractivity contribution in [2.75, 3.05) is 0 Å². The van der Waals surface area contributed by atoms with Crippen LogP contribution in [0.1, 0.15) is 33.1 Å². The molecular formula is C18H20BN3O7. The number of carboxylic acid groups (broad SMARTS) is 1. The molecule has 152 valence electrons. The first-order chi connectivity index (χ1) is 13.8. The van der Waals surface area contributed by atoms with Crippen LogP contribution in [0.3, 0.4) is 0 Å². The number of para-hydroxylation sites is 1. The zero-order valence-corrected chi connectivity index (χ0v) is 15.2. The zero-order valence-electron chi connectivity index (χ0n) is 15.2. The van der Waals surface area contributed by atoms with Gasteiger partial charge in [-0.2, -0.15) is 0 Å². The molecule has 2 rings (SSSR count). The fourth-order valence-corrected chi connectivity index (χ4v) is 2.75. The zero-order chi connectivity index (χ0) is 21.6. The van der Waals surface area contributed by atoms with E-state index in [1.165, 1.54) is 30.3 Å². The lowest BCUT2D eigenvalue weighted by Gasteiger charge is -2.20. The van der Waals surface area contributed by atoms with Gasteiger partial charge in [-0.25, -0.2) is 4.79 Å². The number of aromatic hydroxyl groups is 1. The number of phenols is 1. The molecule has 10 nitrogen and oxygen atoms in total. The third-order valence-corrected chi connectivity index (χ3v) is 4.36. The lowest BCUT2D eigenvalue weighted by Crippen LogP contribution is -2.49. The molecule has 0 saturated heterocycles. The highest BCUT2D eigenvalue weighted by atomic mass is 16.4. The molecule has 29 heavy (non-hydrogen) atoms. The summed E-state index contributed by atoms with van der Waals surface area (Å²) >= 11 is 0. The van der Waals surface area contributed by atoms with E-state index in [4.69, 9.17) is 10.8 Å². The molecule has 7 N–H and O–H groups in total. The first kappa shape index (κ1) is 22.0. The average molecular weight is 401 g/mol. The van der Waals surface area contributed by atoms with E-state index in [1.54, 1.807) is 12.1 Å². The lowest BCUT2D eigenvalue weighted by molar-refractivity contribution is -0.122. The second kappa shape index (κ2) is 9.78. The van der Waals surface area contributed by atoms with Crippen LogP contribution in [-0.4, -0.2) is 45.2 Å². The van der Waals surface area contributed by atoms with Crippen molar-refractivity contribution in [1.82, 2.24) is 5.32 Å². The summed E-state index contributed by atoms with van der Waals surface area (Å²) in [6.07, 6.45) is -0.298. The average Bonchev–Trinajstić information content (AvgIpc) is 2.69. The highest BCUT2D eigenvalue weighted by Crippen LogP contribution is 2.24. The summed E-state index contributed by atoms with van der Waals surface area (Å²) in [7, 11) is -2.04. The molecule has 1 amide bonds. The first-order valence-corrected chi connectivity index (χ1v) is 8.60. The van der Waals surface area contributed by atoms with E-state index in [1.807, 2.05) is 0 Å². The van der Waals surface area contributed by atoms with Crippen LogP contribution < -0.4 is 11.1 Å². The molecule has 0 fully saturated rings. The van der Waals surface area contributed by atoms with Crippen LogP contribution in [-0.2, 0) is 17.8 Å². The number of aromatic carboxylic acids is 1. The molecule has 0 aromatic heterocycles. The minimum absolute atomic E-state index is 0.0752. The van der Waals surface area contributed by atoms with E-state index in [0.29, 0.717) is 0 Å². The molecule has 2 aromatic carbocycles. The van der Waals surface area contributed by atoms with Gasteiger partial charge in [0.25, 0.3) is 5.91 Å². The summed E-state index contributed by atoms with van der Waals surface area (Å²) in [6.45, 7) is 0.281. The molecule has 0 spiro atoms. The highest BCUT2D eigenvalue weighted by Gasteiger charge is 2.31. The van der Waals surface area contributed by atoms with E-state index in [-0.39, 0.29) is 29.7 Å². The third kappa shape index (κ3) is 5.38. The number of benzene rings is 2. The Morgan fingerprint density at radius 1 is 1.14 bits per heavy atom. The number of nitrogens with zero attached hydrogens (tertiary/aromatic N) is 1. The number of carbonyl (C=O) groups excluding carboxylic acids is 1. The number of hydrogen-bond donors (Lipinski definition) is 6. The van der Waals surface area contributed by atoms with E-state index in [9.17, 15) is 29.7 Å². The minimum Gasteiger partial charge on any atom is -0.507 e. The van der Waals surface area contributed by atoms with Crippen LogP contribution in [0.4, 0.5) is 0 Å². The molecular weight excluding hydrogens is 381 g/mol. The third-order valence-electron chi connectivity index (χ3n) is 4.36. The minimum atomic E-state index is -2.04. The first-order valence-electron chi connectivity index (χ1n) is 8.60. The molecule has 2 aromatic rings. The van der Waals surface area contributed by atoms with Gasteiger partial charge in [0.15, 0.2) is 6.04 Å². The van der Waals surface area contributed by atoms with Crippen molar-refractivity contribution in [3.8, 4) is 5.75 Å². The van der Waals surface area contributed by atoms with Crippen LogP contribution in [0.5, 0.6) is 5.75 Å². The van der Waals surface area contributed by atoms with Crippen LogP contribution >= 0.6 is 0 Å². The van der Waals surface area contributed by atoms with E-state index in [2.05, 4.69) is 10.5 Å². The van der Waals surface area contributed by atoms with Gasteiger partial charge >= 0.3 is 13.1 Å². The summed E-state index contributed by atoms with van der Waals surface area (Å²) in [5.74, 6) is -4.12. The van der Waals surface area contributed by atoms with Crippen molar-refractivity contribution < 1.29 is 29.9 Å². The van der Waals surface area contributed by atoms with Crippen LogP contribution in [0, 0.1) is 4.91 Å². The van der Waals surface area contributed by atoms with Crippen molar-refractivity contribution in [3.05, 3.63) is 69.6 Å². The Labute approximate surface area is 166 Å². The smallest absolute Gasteiger partial charge is 0.475 e. The van der Waals surface area contributed by atoms with Gasteiger partial charge in [0.1, 0.15) is 11.3 Å². The van der Waals surface area contributed by atoms with Crippen molar-refractivity contribution in [2.45, 2.75) is 24.9 Å². The SMILES string of the molecule is NCc1ccc(C(N=O)C(=O)N[C@@H](Cc2cccc(C(=O)O)c2O)B(O)O)cc1. The number of hydrogen-bond acceptors (Lipinski definition) is 8.